The number of carbonyl (C=O) groups excluding carboxylic acids is 1. The summed E-state index contributed by atoms with van der Waals surface area (Å²) in [6.07, 6.45) is 5.42. The van der Waals surface area contributed by atoms with Gasteiger partial charge in [0.15, 0.2) is 5.69 Å². The van der Waals surface area contributed by atoms with Crippen LogP contribution in [0.15, 0.2) is 48.7 Å². The maximum Gasteiger partial charge on any atom is 0.274 e. The number of likely N-dealkylation sites (N-methyl/N-ethyl adjacent to an activating group) is 1. The third-order valence-electron chi connectivity index (χ3n) is 7.04. The average molecular weight is 449 g/mol. The van der Waals surface area contributed by atoms with E-state index in [1.165, 1.54) is 5.56 Å². The average Bonchev–Trinajstić information content (AvgIpc) is 3.22. The Bertz CT molecular complexity index is 1070. The molecule has 3 aromatic rings. The molecule has 3 heterocycles. The second kappa shape index (κ2) is 10.5. The van der Waals surface area contributed by atoms with Gasteiger partial charge in [-0.3, -0.25) is 9.69 Å². The lowest BCUT2D eigenvalue weighted by molar-refractivity contribution is 0.0544. The number of amides is 1. The van der Waals surface area contributed by atoms with E-state index in [0.29, 0.717) is 24.7 Å². The van der Waals surface area contributed by atoms with Crippen molar-refractivity contribution in [2.75, 3.05) is 26.7 Å². The zero-order chi connectivity index (χ0) is 23.4. The van der Waals surface area contributed by atoms with Gasteiger partial charge in [0.25, 0.3) is 5.91 Å². The molecule has 0 spiro atoms. The number of aliphatic hydroxyl groups is 1. The van der Waals surface area contributed by atoms with Gasteiger partial charge in [-0.15, -0.1) is 0 Å². The summed E-state index contributed by atoms with van der Waals surface area (Å²) in [5.74, 6) is 0.348. The highest BCUT2D eigenvalue weighted by atomic mass is 16.3. The van der Waals surface area contributed by atoms with Gasteiger partial charge in [-0.1, -0.05) is 43.3 Å². The predicted octanol–water partition coefficient (Wildman–Crippen LogP) is 3.94. The maximum atomic E-state index is 13.5. The first kappa shape index (κ1) is 23.5. The first-order valence-corrected chi connectivity index (χ1v) is 12.1. The smallest absolute Gasteiger partial charge is 0.274 e. The molecular weight excluding hydrogens is 412 g/mol. The van der Waals surface area contributed by atoms with Crippen molar-refractivity contribution in [1.29, 1.82) is 0 Å². The number of aryl methyl sites for hydroxylation is 1. The number of fused-ring (bicyclic) bond motifs is 1. The molecule has 6 nitrogen and oxygen atoms in total. The van der Waals surface area contributed by atoms with Crippen molar-refractivity contribution in [3.63, 3.8) is 0 Å². The van der Waals surface area contributed by atoms with Crippen LogP contribution < -0.4 is 0 Å². The molecule has 1 atom stereocenters. The Morgan fingerprint density at radius 1 is 1.18 bits per heavy atom. The first-order chi connectivity index (χ1) is 16.0. The van der Waals surface area contributed by atoms with E-state index in [0.717, 1.165) is 55.7 Å². The van der Waals surface area contributed by atoms with Gasteiger partial charge in [0.05, 0.1) is 11.8 Å². The third kappa shape index (κ3) is 5.28. The zero-order valence-corrected chi connectivity index (χ0v) is 20.1. The van der Waals surface area contributed by atoms with Crippen LogP contribution in [0.2, 0.25) is 0 Å². The number of pyridine rings is 1. The minimum atomic E-state index is -0.207. The lowest BCUT2D eigenvalue weighted by Gasteiger charge is -2.34. The largest absolute Gasteiger partial charge is 0.393 e. The van der Waals surface area contributed by atoms with Gasteiger partial charge in [0, 0.05) is 26.3 Å². The summed E-state index contributed by atoms with van der Waals surface area (Å²) in [6.45, 7) is 7.28. The molecule has 1 saturated heterocycles. The van der Waals surface area contributed by atoms with Crippen LogP contribution in [0.3, 0.4) is 0 Å². The van der Waals surface area contributed by atoms with Crippen molar-refractivity contribution in [3.05, 3.63) is 71.2 Å². The molecule has 1 unspecified atom stereocenters. The molecular formula is C27H36N4O2. The maximum absolute atomic E-state index is 13.5. The molecule has 1 aromatic carbocycles. The van der Waals surface area contributed by atoms with Crippen LogP contribution in [0.25, 0.3) is 5.65 Å². The zero-order valence-electron chi connectivity index (χ0n) is 20.1. The molecule has 0 saturated carbocycles. The van der Waals surface area contributed by atoms with Crippen LogP contribution in [-0.4, -0.2) is 63.0 Å². The number of likely N-dealkylation sites (tertiary alicyclic amines) is 1. The van der Waals surface area contributed by atoms with E-state index in [1.807, 2.05) is 57.4 Å². The summed E-state index contributed by atoms with van der Waals surface area (Å²) >= 11 is 0. The fraction of sp³-hybridized carbons (Fsp3) is 0.481. The Morgan fingerprint density at radius 2 is 1.91 bits per heavy atom. The Morgan fingerprint density at radius 3 is 2.61 bits per heavy atom. The minimum absolute atomic E-state index is 0.0275. The Labute approximate surface area is 196 Å². The predicted molar refractivity (Wildman–Crippen MR) is 131 cm³/mol. The normalized spacial score (nSPS) is 16.2. The molecule has 1 aliphatic heterocycles. The monoisotopic (exact) mass is 448 g/mol. The summed E-state index contributed by atoms with van der Waals surface area (Å²) < 4.78 is 2.08. The third-order valence-corrected chi connectivity index (χ3v) is 7.04. The molecule has 33 heavy (non-hydrogen) atoms. The molecule has 1 fully saturated rings. The standard InChI is InChI=1S/C27H36N4O2/c1-4-24(32)22-13-17-30(18-14-22)19-23-25(28-26-20(2)9-8-15-31(23)26)27(33)29(3)16-12-21-10-6-5-7-11-21/h5-11,15,22,24,32H,4,12-14,16-19H2,1-3H3. The molecule has 1 amide bonds. The Hall–Kier alpha value is -2.70. The number of aromatic nitrogens is 2. The number of benzene rings is 1. The van der Waals surface area contributed by atoms with E-state index in [2.05, 4.69) is 21.4 Å². The lowest BCUT2D eigenvalue weighted by Crippen LogP contribution is -2.38. The summed E-state index contributed by atoms with van der Waals surface area (Å²) in [5.41, 5.74) is 4.65. The highest BCUT2D eigenvalue weighted by molar-refractivity contribution is 5.94. The fourth-order valence-electron chi connectivity index (χ4n) is 4.84. The number of hydrogen-bond acceptors (Lipinski definition) is 4. The number of piperidine rings is 1. The van der Waals surface area contributed by atoms with Crippen molar-refractivity contribution in [1.82, 2.24) is 19.2 Å². The quantitative estimate of drug-likeness (QED) is 0.567. The topological polar surface area (TPSA) is 61.1 Å². The van der Waals surface area contributed by atoms with E-state index in [-0.39, 0.29) is 12.0 Å². The van der Waals surface area contributed by atoms with E-state index in [9.17, 15) is 9.90 Å². The van der Waals surface area contributed by atoms with Crippen LogP contribution in [0.4, 0.5) is 0 Å². The molecule has 176 valence electrons. The van der Waals surface area contributed by atoms with Gasteiger partial charge in [-0.05, 0) is 68.8 Å². The molecule has 6 heteroatoms. The summed E-state index contributed by atoms with van der Waals surface area (Å²) in [5, 5.41) is 10.2. The summed E-state index contributed by atoms with van der Waals surface area (Å²) in [6, 6.07) is 14.3. The van der Waals surface area contributed by atoms with Gasteiger partial charge in [-0.25, -0.2) is 4.98 Å². The number of imidazole rings is 1. The number of hydrogen-bond donors (Lipinski definition) is 1. The Balaban J connectivity index is 1.53. The van der Waals surface area contributed by atoms with Gasteiger partial charge < -0.3 is 14.4 Å². The fourth-order valence-corrected chi connectivity index (χ4v) is 4.84. The second-order valence-electron chi connectivity index (χ2n) is 9.34. The molecule has 2 aromatic heterocycles. The van der Waals surface area contributed by atoms with Crippen LogP contribution in [0.5, 0.6) is 0 Å². The van der Waals surface area contributed by atoms with E-state index in [4.69, 9.17) is 4.98 Å². The van der Waals surface area contributed by atoms with E-state index in [1.54, 1.807) is 4.90 Å². The number of rotatable bonds is 8. The van der Waals surface area contributed by atoms with Gasteiger partial charge >= 0.3 is 0 Å². The van der Waals surface area contributed by atoms with Crippen LogP contribution >= 0.6 is 0 Å². The highest BCUT2D eigenvalue weighted by Crippen LogP contribution is 2.25. The van der Waals surface area contributed by atoms with Crippen molar-refractivity contribution in [2.24, 2.45) is 5.92 Å². The highest BCUT2D eigenvalue weighted by Gasteiger charge is 2.28. The lowest BCUT2D eigenvalue weighted by atomic mass is 9.90. The van der Waals surface area contributed by atoms with Crippen molar-refractivity contribution >= 4 is 11.6 Å². The Kier molecular flexibility index (Phi) is 7.46. The van der Waals surface area contributed by atoms with Crippen LogP contribution in [0, 0.1) is 12.8 Å². The number of carbonyl (C=O) groups is 1. The second-order valence-corrected chi connectivity index (χ2v) is 9.34. The summed E-state index contributed by atoms with van der Waals surface area (Å²) in [7, 11) is 1.86. The summed E-state index contributed by atoms with van der Waals surface area (Å²) in [4.78, 5) is 22.5. The van der Waals surface area contributed by atoms with Crippen LogP contribution in [0.1, 0.15) is 53.5 Å². The number of aliphatic hydroxyl groups excluding tert-OH is 1. The minimum Gasteiger partial charge on any atom is -0.393 e. The molecule has 0 radical (unpaired) electrons. The van der Waals surface area contributed by atoms with E-state index < -0.39 is 0 Å². The first-order valence-electron chi connectivity index (χ1n) is 12.1. The van der Waals surface area contributed by atoms with Gasteiger partial charge in [-0.2, -0.15) is 0 Å². The molecule has 4 rings (SSSR count). The SMILES string of the molecule is CCC(O)C1CCN(Cc2c(C(=O)N(C)CCc3ccccc3)nc3c(C)cccn23)CC1. The molecule has 0 bridgehead atoms. The molecule has 0 aliphatic carbocycles. The van der Waals surface area contributed by atoms with Gasteiger partial charge in [0.2, 0.25) is 0 Å². The molecule has 1 aliphatic rings. The van der Waals surface area contributed by atoms with Crippen molar-refractivity contribution in [2.45, 2.75) is 52.2 Å². The van der Waals surface area contributed by atoms with E-state index >= 15 is 0 Å². The van der Waals surface area contributed by atoms with Gasteiger partial charge in [0.1, 0.15) is 5.65 Å². The van der Waals surface area contributed by atoms with Crippen molar-refractivity contribution < 1.29 is 9.90 Å². The van der Waals surface area contributed by atoms with Crippen molar-refractivity contribution in [3.8, 4) is 0 Å². The number of nitrogens with zero attached hydrogens (tertiary/aromatic N) is 4. The molecule has 1 N–H and O–H groups in total. The van der Waals surface area contributed by atoms with Crippen LogP contribution in [-0.2, 0) is 13.0 Å².